The van der Waals surface area contributed by atoms with Crippen LogP contribution in [0.3, 0.4) is 0 Å². The topological polar surface area (TPSA) is 29.5 Å². The molecule has 1 aliphatic rings. The smallest absolute Gasteiger partial charge is 0.219 e. The molecule has 2 rings (SSSR count). The molecule has 0 unspecified atom stereocenters. The van der Waals surface area contributed by atoms with E-state index in [9.17, 15) is 4.79 Å². The Morgan fingerprint density at radius 2 is 1.94 bits per heavy atom. The summed E-state index contributed by atoms with van der Waals surface area (Å²) in [5, 5.41) is 0. The van der Waals surface area contributed by atoms with E-state index in [2.05, 4.69) is 0 Å². The van der Waals surface area contributed by atoms with Crippen molar-refractivity contribution in [2.45, 2.75) is 26.2 Å². The van der Waals surface area contributed by atoms with Crippen LogP contribution in [-0.4, -0.2) is 30.5 Å². The van der Waals surface area contributed by atoms with Gasteiger partial charge < -0.3 is 9.64 Å². The van der Waals surface area contributed by atoms with Gasteiger partial charge in [0.05, 0.1) is 6.61 Å². The lowest BCUT2D eigenvalue weighted by atomic mass is 9.94. The summed E-state index contributed by atoms with van der Waals surface area (Å²) in [6.45, 7) is 4.24. The number of hydrogen-bond acceptors (Lipinski definition) is 2. The Balaban J connectivity index is 1.65. The fraction of sp³-hybridized carbons (Fsp3) is 0.533. The number of piperidine rings is 1. The lowest BCUT2D eigenvalue weighted by Gasteiger charge is -2.31. The zero-order chi connectivity index (χ0) is 12.8. The predicted molar refractivity (Wildman–Crippen MR) is 71.5 cm³/mol. The van der Waals surface area contributed by atoms with Crippen molar-refractivity contribution in [3.8, 4) is 5.75 Å². The minimum atomic E-state index is 0.203. The molecule has 1 aromatic rings. The Kier molecular flexibility index (Phi) is 4.62. The van der Waals surface area contributed by atoms with Crippen LogP contribution in [0.2, 0.25) is 0 Å². The van der Waals surface area contributed by atoms with Gasteiger partial charge in [-0.1, -0.05) is 18.2 Å². The molecule has 1 heterocycles. The van der Waals surface area contributed by atoms with Gasteiger partial charge >= 0.3 is 0 Å². The van der Waals surface area contributed by atoms with E-state index in [1.807, 2.05) is 35.2 Å². The quantitative estimate of drug-likeness (QED) is 0.818. The lowest BCUT2D eigenvalue weighted by molar-refractivity contribution is -0.130. The number of nitrogens with zero attached hydrogens (tertiary/aromatic N) is 1. The van der Waals surface area contributed by atoms with Crippen LogP contribution in [0, 0.1) is 5.92 Å². The Morgan fingerprint density at radius 3 is 2.56 bits per heavy atom. The summed E-state index contributed by atoms with van der Waals surface area (Å²) >= 11 is 0. The molecule has 1 aromatic carbocycles. The molecule has 1 aliphatic heterocycles. The monoisotopic (exact) mass is 247 g/mol. The van der Waals surface area contributed by atoms with Crippen LogP contribution in [-0.2, 0) is 4.79 Å². The third-order valence-corrected chi connectivity index (χ3v) is 3.60. The first-order chi connectivity index (χ1) is 8.75. The minimum Gasteiger partial charge on any atom is -0.494 e. The summed E-state index contributed by atoms with van der Waals surface area (Å²) in [6.07, 6.45) is 3.30. The van der Waals surface area contributed by atoms with Gasteiger partial charge in [-0.3, -0.25) is 4.79 Å². The van der Waals surface area contributed by atoms with Crippen molar-refractivity contribution in [2.75, 3.05) is 19.7 Å². The van der Waals surface area contributed by atoms with Crippen LogP contribution in [0.1, 0.15) is 26.2 Å². The van der Waals surface area contributed by atoms with Crippen molar-refractivity contribution in [1.82, 2.24) is 4.90 Å². The molecule has 98 valence electrons. The number of carbonyl (C=O) groups is 1. The van der Waals surface area contributed by atoms with Crippen molar-refractivity contribution < 1.29 is 9.53 Å². The molecule has 0 N–H and O–H groups in total. The van der Waals surface area contributed by atoms with Crippen molar-refractivity contribution in [1.29, 1.82) is 0 Å². The van der Waals surface area contributed by atoms with Crippen LogP contribution in [0.5, 0.6) is 5.75 Å². The summed E-state index contributed by atoms with van der Waals surface area (Å²) in [7, 11) is 0. The van der Waals surface area contributed by atoms with Gasteiger partial charge in [-0.15, -0.1) is 0 Å². The molecular formula is C15H21NO2. The fourth-order valence-corrected chi connectivity index (χ4v) is 2.40. The van der Waals surface area contributed by atoms with E-state index in [1.165, 1.54) is 0 Å². The summed E-state index contributed by atoms with van der Waals surface area (Å²) in [5.41, 5.74) is 0. The van der Waals surface area contributed by atoms with Gasteiger partial charge in [0.1, 0.15) is 5.75 Å². The number of likely N-dealkylation sites (tertiary alicyclic amines) is 1. The van der Waals surface area contributed by atoms with Gasteiger partial charge in [0.15, 0.2) is 0 Å². The molecule has 0 spiro atoms. The predicted octanol–water partition coefficient (Wildman–Crippen LogP) is 2.71. The van der Waals surface area contributed by atoms with Gasteiger partial charge in [-0.2, -0.15) is 0 Å². The van der Waals surface area contributed by atoms with Crippen molar-refractivity contribution >= 4 is 5.91 Å². The van der Waals surface area contributed by atoms with Crippen LogP contribution < -0.4 is 4.74 Å². The second-order valence-electron chi connectivity index (χ2n) is 4.90. The average molecular weight is 247 g/mol. The highest BCUT2D eigenvalue weighted by molar-refractivity contribution is 5.73. The second-order valence-corrected chi connectivity index (χ2v) is 4.90. The number of rotatable bonds is 4. The largest absolute Gasteiger partial charge is 0.494 e. The lowest BCUT2D eigenvalue weighted by Crippen LogP contribution is -2.37. The standard InChI is InChI=1S/C15H21NO2/c1-13(17)16-10-7-14(8-11-16)9-12-18-15-5-3-2-4-6-15/h2-6,14H,7-12H2,1H3. The number of hydrogen-bond donors (Lipinski definition) is 0. The second kappa shape index (κ2) is 6.43. The molecule has 1 saturated heterocycles. The first-order valence-corrected chi connectivity index (χ1v) is 6.69. The summed E-state index contributed by atoms with van der Waals surface area (Å²) in [5.74, 6) is 1.84. The van der Waals surface area contributed by atoms with Crippen LogP contribution >= 0.6 is 0 Å². The summed E-state index contributed by atoms with van der Waals surface area (Å²) in [6, 6.07) is 9.93. The van der Waals surface area contributed by atoms with Crippen molar-refractivity contribution in [2.24, 2.45) is 5.92 Å². The van der Waals surface area contributed by atoms with Gasteiger partial charge in [0.2, 0.25) is 5.91 Å². The summed E-state index contributed by atoms with van der Waals surface area (Å²) < 4.78 is 5.70. The first-order valence-electron chi connectivity index (χ1n) is 6.69. The van der Waals surface area contributed by atoms with Gasteiger partial charge in [-0.25, -0.2) is 0 Å². The van der Waals surface area contributed by atoms with E-state index in [-0.39, 0.29) is 5.91 Å². The van der Waals surface area contributed by atoms with E-state index in [4.69, 9.17) is 4.74 Å². The molecule has 3 nitrogen and oxygen atoms in total. The Labute approximate surface area is 109 Å². The number of amides is 1. The van der Waals surface area contributed by atoms with Gasteiger partial charge in [0.25, 0.3) is 0 Å². The van der Waals surface area contributed by atoms with Crippen LogP contribution in [0.4, 0.5) is 0 Å². The van der Waals surface area contributed by atoms with Crippen molar-refractivity contribution in [3.05, 3.63) is 30.3 Å². The van der Waals surface area contributed by atoms with E-state index >= 15 is 0 Å². The summed E-state index contributed by atoms with van der Waals surface area (Å²) in [4.78, 5) is 13.1. The van der Waals surface area contributed by atoms with Gasteiger partial charge in [-0.05, 0) is 37.3 Å². The number of benzene rings is 1. The molecular weight excluding hydrogens is 226 g/mol. The highest BCUT2D eigenvalue weighted by atomic mass is 16.5. The Morgan fingerprint density at radius 1 is 1.28 bits per heavy atom. The molecule has 0 saturated carbocycles. The Bertz CT molecular complexity index is 369. The molecule has 1 amide bonds. The van der Waals surface area contributed by atoms with E-state index < -0.39 is 0 Å². The number of ether oxygens (including phenoxy) is 1. The molecule has 1 fully saturated rings. The zero-order valence-electron chi connectivity index (χ0n) is 11.0. The van der Waals surface area contributed by atoms with Crippen molar-refractivity contribution in [3.63, 3.8) is 0 Å². The number of para-hydroxylation sites is 1. The molecule has 3 heteroatoms. The van der Waals surface area contributed by atoms with E-state index in [0.717, 1.165) is 44.7 Å². The van der Waals surface area contributed by atoms with Crippen LogP contribution in [0.15, 0.2) is 30.3 Å². The number of carbonyl (C=O) groups excluding carboxylic acids is 1. The fourth-order valence-electron chi connectivity index (χ4n) is 2.40. The molecule has 0 aromatic heterocycles. The molecule has 18 heavy (non-hydrogen) atoms. The molecule has 0 bridgehead atoms. The molecule has 0 aliphatic carbocycles. The third-order valence-electron chi connectivity index (χ3n) is 3.60. The maximum absolute atomic E-state index is 11.2. The zero-order valence-corrected chi connectivity index (χ0v) is 11.0. The highest BCUT2D eigenvalue weighted by Crippen LogP contribution is 2.21. The molecule has 0 radical (unpaired) electrons. The molecule has 0 atom stereocenters. The maximum atomic E-state index is 11.2. The highest BCUT2D eigenvalue weighted by Gasteiger charge is 2.20. The third kappa shape index (κ3) is 3.76. The Hall–Kier alpha value is -1.51. The SMILES string of the molecule is CC(=O)N1CCC(CCOc2ccccc2)CC1. The normalized spacial score (nSPS) is 16.6. The first kappa shape index (κ1) is 12.9. The van der Waals surface area contributed by atoms with Crippen LogP contribution in [0.25, 0.3) is 0 Å². The average Bonchev–Trinajstić information content (AvgIpc) is 2.40. The van der Waals surface area contributed by atoms with E-state index in [0.29, 0.717) is 5.92 Å². The van der Waals surface area contributed by atoms with E-state index in [1.54, 1.807) is 6.92 Å². The maximum Gasteiger partial charge on any atom is 0.219 e. The minimum absolute atomic E-state index is 0.203. The van der Waals surface area contributed by atoms with Gasteiger partial charge in [0, 0.05) is 20.0 Å².